The Bertz CT molecular complexity index is 860. The highest BCUT2D eigenvalue weighted by Crippen LogP contribution is 2.36. The summed E-state index contributed by atoms with van der Waals surface area (Å²) in [6.45, 7) is 6.56. The minimum absolute atomic E-state index is 0.0262. The lowest BCUT2D eigenvalue weighted by atomic mass is 9.89. The molecule has 2 saturated heterocycles. The Morgan fingerprint density at radius 3 is 2.81 bits per heavy atom. The van der Waals surface area contributed by atoms with Crippen LogP contribution in [0.15, 0.2) is 12.1 Å². The van der Waals surface area contributed by atoms with E-state index in [0.29, 0.717) is 30.0 Å². The van der Waals surface area contributed by atoms with Gasteiger partial charge in [0.1, 0.15) is 11.9 Å². The Morgan fingerprint density at radius 1 is 1.19 bits per heavy atom. The molecule has 0 spiro atoms. The van der Waals surface area contributed by atoms with Crippen LogP contribution in [0.5, 0.6) is 0 Å². The first-order valence-corrected chi connectivity index (χ1v) is 11.8. The molecule has 4 aliphatic rings. The van der Waals surface area contributed by atoms with Gasteiger partial charge < -0.3 is 15.5 Å². The topological polar surface area (TPSA) is 64.7 Å². The van der Waals surface area contributed by atoms with Gasteiger partial charge in [-0.05, 0) is 56.6 Å². The zero-order chi connectivity index (χ0) is 21.7. The van der Waals surface area contributed by atoms with Crippen LogP contribution in [0, 0.1) is 18.7 Å². The molecule has 2 N–H and O–H groups in total. The summed E-state index contributed by atoms with van der Waals surface area (Å²) in [5.41, 5.74) is 2.38. The predicted octanol–water partition coefficient (Wildman–Crippen LogP) is 2.45. The smallest absolute Gasteiger partial charge is 0.243 e. The van der Waals surface area contributed by atoms with Gasteiger partial charge >= 0.3 is 0 Å². The third-order valence-corrected chi connectivity index (χ3v) is 8.00. The van der Waals surface area contributed by atoms with Gasteiger partial charge in [-0.3, -0.25) is 14.5 Å². The molecule has 3 fully saturated rings. The molecular weight excluding hydrogens is 395 g/mol. The molecule has 1 aliphatic carbocycles. The van der Waals surface area contributed by atoms with E-state index in [1.165, 1.54) is 6.07 Å². The van der Waals surface area contributed by atoms with Gasteiger partial charge in [-0.2, -0.15) is 0 Å². The van der Waals surface area contributed by atoms with Gasteiger partial charge in [-0.1, -0.05) is 6.07 Å². The monoisotopic (exact) mass is 428 g/mol. The van der Waals surface area contributed by atoms with Crippen LogP contribution in [-0.2, 0) is 16.0 Å². The molecule has 1 aromatic carbocycles. The molecular formula is C24H33FN4O2. The van der Waals surface area contributed by atoms with Crippen LogP contribution < -0.4 is 10.6 Å². The number of nitrogens with one attached hydrogen (secondary N) is 2. The van der Waals surface area contributed by atoms with Gasteiger partial charge in [0.25, 0.3) is 0 Å². The summed E-state index contributed by atoms with van der Waals surface area (Å²) >= 11 is 0. The van der Waals surface area contributed by atoms with Crippen LogP contribution in [0.25, 0.3) is 0 Å². The zero-order valence-corrected chi connectivity index (χ0v) is 18.5. The molecule has 0 radical (unpaired) electrons. The van der Waals surface area contributed by atoms with E-state index in [2.05, 4.69) is 20.4 Å². The Balaban J connectivity index is 1.18. The molecule has 1 saturated carbocycles. The van der Waals surface area contributed by atoms with E-state index < -0.39 is 6.04 Å². The molecule has 3 aliphatic heterocycles. The van der Waals surface area contributed by atoms with Crippen molar-refractivity contribution in [1.29, 1.82) is 0 Å². The van der Waals surface area contributed by atoms with Gasteiger partial charge in [0.05, 0.1) is 0 Å². The lowest BCUT2D eigenvalue weighted by molar-refractivity contribution is -0.129. The van der Waals surface area contributed by atoms with Crippen molar-refractivity contribution in [3.05, 3.63) is 29.1 Å². The maximum absolute atomic E-state index is 14.2. The first-order valence-electron chi connectivity index (χ1n) is 11.8. The number of benzene rings is 1. The molecule has 6 nitrogen and oxygen atoms in total. The summed E-state index contributed by atoms with van der Waals surface area (Å²) in [5.74, 6) is 0.528. The summed E-state index contributed by atoms with van der Waals surface area (Å²) in [6.07, 6.45) is 5.72. The average Bonchev–Trinajstić information content (AvgIpc) is 3.44. The average molecular weight is 429 g/mol. The van der Waals surface area contributed by atoms with Gasteiger partial charge in [0.2, 0.25) is 11.8 Å². The minimum atomic E-state index is -0.402. The highest BCUT2D eigenvalue weighted by molar-refractivity contribution is 5.88. The van der Waals surface area contributed by atoms with Crippen LogP contribution in [-0.4, -0.2) is 65.4 Å². The molecule has 0 aromatic heterocycles. The SMILES string of the molecule is CC(=O)N1CC[C@@H]2CN([C@H]3CCC[C@@H](NC(=O)C4Cc5c(F)ccc(C)c5N4)C3)C[C@@H]21. The second-order valence-electron chi connectivity index (χ2n) is 9.93. The quantitative estimate of drug-likeness (QED) is 0.776. The molecule has 31 heavy (non-hydrogen) atoms. The molecule has 5 rings (SSSR count). The van der Waals surface area contributed by atoms with Crippen molar-refractivity contribution in [1.82, 2.24) is 15.1 Å². The van der Waals surface area contributed by atoms with Crippen LogP contribution >= 0.6 is 0 Å². The molecule has 168 valence electrons. The number of rotatable bonds is 3. The van der Waals surface area contributed by atoms with Crippen molar-refractivity contribution >= 4 is 17.5 Å². The van der Waals surface area contributed by atoms with E-state index in [4.69, 9.17) is 0 Å². The van der Waals surface area contributed by atoms with E-state index in [0.717, 1.165) is 63.0 Å². The highest BCUT2D eigenvalue weighted by atomic mass is 19.1. The third-order valence-electron chi connectivity index (χ3n) is 8.00. The molecule has 5 atom stereocenters. The fourth-order valence-electron chi connectivity index (χ4n) is 6.34. The van der Waals surface area contributed by atoms with Gasteiger partial charge in [-0.25, -0.2) is 4.39 Å². The Hall–Kier alpha value is -2.15. The van der Waals surface area contributed by atoms with Crippen LogP contribution in [0.4, 0.5) is 10.1 Å². The van der Waals surface area contributed by atoms with Crippen LogP contribution in [0.2, 0.25) is 0 Å². The molecule has 7 heteroatoms. The maximum Gasteiger partial charge on any atom is 0.243 e. The summed E-state index contributed by atoms with van der Waals surface area (Å²) in [7, 11) is 0. The molecule has 3 heterocycles. The number of amides is 2. The van der Waals surface area contributed by atoms with Gasteiger partial charge in [0.15, 0.2) is 0 Å². The second kappa shape index (κ2) is 8.08. The number of aryl methyl sites for hydroxylation is 1. The molecule has 1 unspecified atom stereocenters. The van der Waals surface area contributed by atoms with Crippen LogP contribution in [0.1, 0.15) is 50.2 Å². The Morgan fingerprint density at radius 2 is 2.03 bits per heavy atom. The number of carbonyl (C=O) groups excluding carboxylic acids is 2. The Kier molecular flexibility index (Phi) is 5.40. The standard InChI is InChI=1S/C24H33FN4O2/c1-14-6-7-20(25)19-11-21(27-23(14)19)24(31)26-17-4-3-5-18(10-17)28-12-16-8-9-29(15(2)30)22(16)13-28/h6-7,16-18,21-22,27H,3-5,8-13H2,1-2H3,(H,26,31)/t16-,17-,18+,21?,22+/m1/s1. The fourth-order valence-corrected chi connectivity index (χ4v) is 6.34. The number of likely N-dealkylation sites (tertiary alicyclic amines) is 2. The normalized spacial score (nSPS) is 32.5. The van der Waals surface area contributed by atoms with E-state index in [-0.39, 0.29) is 23.7 Å². The van der Waals surface area contributed by atoms with E-state index in [1.807, 2.05) is 6.92 Å². The van der Waals surface area contributed by atoms with E-state index >= 15 is 0 Å². The number of nitrogens with zero attached hydrogens (tertiary/aromatic N) is 2. The number of carbonyl (C=O) groups is 2. The summed E-state index contributed by atoms with van der Waals surface area (Å²) in [4.78, 5) is 29.5. The lowest BCUT2D eigenvalue weighted by Gasteiger charge is -2.36. The molecule has 0 bridgehead atoms. The third kappa shape index (κ3) is 3.81. The molecule has 1 aromatic rings. The van der Waals surface area contributed by atoms with Gasteiger partial charge in [-0.15, -0.1) is 0 Å². The maximum atomic E-state index is 14.2. The van der Waals surface area contributed by atoms with E-state index in [1.54, 1.807) is 13.0 Å². The lowest BCUT2D eigenvalue weighted by Crippen LogP contribution is -2.49. The first-order chi connectivity index (χ1) is 14.9. The first kappa shape index (κ1) is 20.7. The predicted molar refractivity (Wildman–Crippen MR) is 117 cm³/mol. The highest BCUT2D eigenvalue weighted by Gasteiger charge is 2.44. The minimum Gasteiger partial charge on any atom is -0.373 e. The van der Waals surface area contributed by atoms with Crippen molar-refractivity contribution in [2.45, 2.75) is 76.5 Å². The van der Waals surface area contributed by atoms with Crippen LogP contribution in [0.3, 0.4) is 0 Å². The number of halogens is 1. The summed E-state index contributed by atoms with van der Waals surface area (Å²) < 4.78 is 14.2. The number of hydrogen-bond donors (Lipinski definition) is 2. The Labute approximate surface area is 183 Å². The summed E-state index contributed by atoms with van der Waals surface area (Å²) in [5, 5.41) is 6.49. The number of anilines is 1. The van der Waals surface area contributed by atoms with Crippen molar-refractivity contribution in [3.63, 3.8) is 0 Å². The van der Waals surface area contributed by atoms with Crippen molar-refractivity contribution in [3.8, 4) is 0 Å². The van der Waals surface area contributed by atoms with Gasteiger partial charge in [0, 0.05) is 62.4 Å². The second-order valence-corrected chi connectivity index (χ2v) is 9.93. The zero-order valence-electron chi connectivity index (χ0n) is 18.5. The van der Waals surface area contributed by atoms with Crippen molar-refractivity contribution in [2.24, 2.45) is 5.92 Å². The van der Waals surface area contributed by atoms with Crippen molar-refractivity contribution in [2.75, 3.05) is 25.0 Å². The van der Waals surface area contributed by atoms with Crippen molar-refractivity contribution < 1.29 is 14.0 Å². The van der Waals surface area contributed by atoms with E-state index in [9.17, 15) is 14.0 Å². The number of hydrogen-bond acceptors (Lipinski definition) is 4. The summed E-state index contributed by atoms with van der Waals surface area (Å²) in [6, 6.07) is 3.83. The fraction of sp³-hybridized carbons (Fsp3) is 0.667. The number of fused-ring (bicyclic) bond motifs is 2. The largest absolute Gasteiger partial charge is 0.373 e. The molecule has 2 amide bonds.